The van der Waals surface area contributed by atoms with Crippen LogP contribution in [0, 0.1) is 0 Å². The third-order valence-corrected chi connectivity index (χ3v) is 4.35. The Hall–Kier alpha value is -2.14. The lowest BCUT2D eigenvalue weighted by atomic mass is 9.98. The number of hydrogen-bond acceptors (Lipinski definition) is 4. The highest BCUT2D eigenvalue weighted by atomic mass is 16.5. The van der Waals surface area contributed by atoms with Crippen molar-refractivity contribution >= 4 is 5.91 Å². The van der Waals surface area contributed by atoms with Crippen molar-refractivity contribution < 1.29 is 13.9 Å². The zero-order chi connectivity index (χ0) is 16.8. The van der Waals surface area contributed by atoms with Crippen molar-refractivity contribution in [3.8, 4) is 0 Å². The lowest BCUT2D eigenvalue weighted by Gasteiger charge is -2.31. The number of hydrogen-bond donors (Lipinski definition) is 0. The summed E-state index contributed by atoms with van der Waals surface area (Å²) >= 11 is 0. The molecule has 0 N–H and O–H groups in total. The van der Waals surface area contributed by atoms with Crippen LogP contribution in [0.4, 0.5) is 0 Å². The van der Waals surface area contributed by atoms with E-state index in [1.807, 2.05) is 36.2 Å². The van der Waals surface area contributed by atoms with E-state index in [2.05, 4.69) is 17.1 Å². The Morgan fingerprint density at radius 1 is 1.38 bits per heavy atom. The Morgan fingerprint density at radius 3 is 3.00 bits per heavy atom. The van der Waals surface area contributed by atoms with Gasteiger partial charge in [-0.1, -0.05) is 30.3 Å². The van der Waals surface area contributed by atoms with Gasteiger partial charge in [0.25, 0.3) is 0 Å². The van der Waals surface area contributed by atoms with E-state index < -0.39 is 0 Å². The van der Waals surface area contributed by atoms with E-state index in [-0.39, 0.29) is 18.4 Å². The van der Waals surface area contributed by atoms with E-state index in [4.69, 9.17) is 9.15 Å². The standard InChI is InChI=1S/C19H24N2O3/c1-2-23-14-18(22)21-10-6-9-16(13-21)19-20-12-17(24-19)11-15-7-4-3-5-8-15/h3-5,7-8,12,16H,2,6,9-11,13-14H2,1H3/t16-/m1/s1. The van der Waals surface area contributed by atoms with Crippen LogP contribution in [-0.2, 0) is 16.0 Å². The van der Waals surface area contributed by atoms with Gasteiger partial charge in [-0.25, -0.2) is 4.98 Å². The molecule has 5 nitrogen and oxygen atoms in total. The molecule has 0 aliphatic carbocycles. The zero-order valence-corrected chi connectivity index (χ0v) is 14.1. The maximum atomic E-state index is 12.1. The molecule has 2 heterocycles. The number of amides is 1. The molecule has 1 aliphatic rings. The second kappa shape index (κ2) is 8.11. The molecule has 0 spiro atoms. The minimum Gasteiger partial charge on any atom is -0.445 e. The van der Waals surface area contributed by atoms with Gasteiger partial charge in [0.1, 0.15) is 12.4 Å². The summed E-state index contributed by atoms with van der Waals surface area (Å²) in [6, 6.07) is 10.2. The Labute approximate surface area is 142 Å². The molecule has 5 heteroatoms. The number of piperidine rings is 1. The molecular weight excluding hydrogens is 304 g/mol. The predicted molar refractivity (Wildman–Crippen MR) is 90.8 cm³/mol. The Bertz CT molecular complexity index is 654. The summed E-state index contributed by atoms with van der Waals surface area (Å²) in [5, 5.41) is 0. The van der Waals surface area contributed by atoms with E-state index in [0.29, 0.717) is 13.2 Å². The molecule has 1 aromatic heterocycles. The van der Waals surface area contributed by atoms with E-state index in [9.17, 15) is 4.79 Å². The maximum Gasteiger partial charge on any atom is 0.248 e. The molecule has 0 radical (unpaired) electrons. The van der Waals surface area contributed by atoms with Crippen molar-refractivity contribution in [1.82, 2.24) is 9.88 Å². The van der Waals surface area contributed by atoms with Crippen LogP contribution in [0.25, 0.3) is 0 Å². The third kappa shape index (κ3) is 4.23. The number of nitrogens with zero attached hydrogens (tertiary/aromatic N) is 2. The fraction of sp³-hybridized carbons (Fsp3) is 0.474. The van der Waals surface area contributed by atoms with Crippen molar-refractivity contribution in [2.75, 3.05) is 26.3 Å². The number of ether oxygens (including phenoxy) is 1. The van der Waals surface area contributed by atoms with Crippen LogP contribution in [0.2, 0.25) is 0 Å². The third-order valence-electron chi connectivity index (χ3n) is 4.35. The van der Waals surface area contributed by atoms with Gasteiger partial charge in [0.15, 0.2) is 5.89 Å². The average molecular weight is 328 g/mol. The van der Waals surface area contributed by atoms with E-state index in [1.54, 1.807) is 0 Å². The van der Waals surface area contributed by atoms with Gasteiger partial charge in [-0.15, -0.1) is 0 Å². The molecule has 2 aromatic rings. The number of likely N-dealkylation sites (tertiary alicyclic amines) is 1. The van der Waals surface area contributed by atoms with Crippen LogP contribution in [0.1, 0.15) is 42.9 Å². The molecule has 1 aliphatic heterocycles. The van der Waals surface area contributed by atoms with E-state index >= 15 is 0 Å². The molecule has 0 unspecified atom stereocenters. The van der Waals surface area contributed by atoms with Gasteiger partial charge in [0.2, 0.25) is 5.91 Å². The normalized spacial score (nSPS) is 17.9. The van der Waals surface area contributed by atoms with Crippen LogP contribution < -0.4 is 0 Å². The smallest absolute Gasteiger partial charge is 0.248 e. The number of carbonyl (C=O) groups excluding carboxylic acids is 1. The molecule has 1 fully saturated rings. The fourth-order valence-corrected chi connectivity index (χ4v) is 3.08. The van der Waals surface area contributed by atoms with Crippen molar-refractivity contribution in [1.29, 1.82) is 0 Å². The largest absolute Gasteiger partial charge is 0.445 e. The molecule has 24 heavy (non-hydrogen) atoms. The number of rotatable bonds is 6. The summed E-state index contributed by atoms with van der Waals surface area (Å²) < 4.78 is 11.2. The summed E-state index contributed by atoms with van der Waals surface area (Å²) in [5.41, 5.74) is 1.21. The lowest BCUT2D eigenvalue weighted by molar-refractivity contribution is -0.137. The first kappa shape index (κ1) is 16.7. The number of aromatic nitrogens is 1. The Morgan fingerprint density at radius 2 is 2.21 bits per heavy atom. The summed E-state index contributed by atoms with van der Waals surface area (Å²) in [5.74, 6) is 1.84. The monoisotopic (exact) mass is 328 g/mol. The van der Waals surface area contributed by atoms with Crippen LogP contribution >= 0.6 is 0 Å². The Kier molecular flexibility index (Phi) is 5.64. The first-order valence-electron chi connectivity index (χ1n) is 8.60. The molecule has 1 amide bonds. The highest BCUT2D eigenvalue weighted by molar-refractivity contribution is 5.77. The molecule has 3 rings (SSSR count). The van der Waals surface area contributed by atoms with Crippen LogP contribution in [0.15, 0.2) is 40.9 Å². The van der Waals surface area contributed by atoms with Crippen molar-refractivity contribution in [3.05, 3.63) is 53.7 Å². The minimum absolute atomic E-state index is 0.0533. The SMILES string of the molecule is CCOCC(=O)N1CCC[C@@H](c2ncc(Cc3ccccc3)o2)C1. The van der Waals surface area contributed by atoms with Gasteiger partial charge in [-0.2, -0.15) is 0 Å². The molecule has 1 atom stereocenters. The predicted octanol–water partition coefficient (Wildman–Crippen LogP) is 3.01. The quantitative estimate of drug-likeness (QED) is 0.818. The molecule has 1 saturated heterocycles. The fourth-order valence-electron chi connectivity index (χ4n) is 3.08. The number of carbonyl (C=O) groups is 1. The van der Waals surface area contributed by atoms with Crippen LogP contribution in [0.3, 0.4) is 0 Å². The Balaban J connectivity index is 1.61. The highest BCUT2D eigenvalue weighted by Crippen LogP contribution is 2.27. The molecule has 0 saturated carbocycles. The highest BCUT2D eigenvalue weighted by Gasteiger charge is 2.27. The summed E-state index contributed by atoms with van der Waals surface area (Å²) in [6.07, 6.45) is 4.53. The summed E-state index contributed by atoms with van der Waals surface area (Å²) in [6.45, 7) is 4.07. The van der Waals surface area contributed by atoms with Gasteiger partial charge in [0, 0.05) is 26.1 Å². The van der Waals surface area contributed by atoms with Crippen LogP contribution in [0.5, 0.6) is 0 Å². The topological polar surface area (TPSA) is 55.6 Å². The molecule has 0 bridgehead atoms. The zero-order valence-electron chi connectivity index (χ0n) is 14.1. The van der Waals surface area contributed by atoms with Gasteiger partial charge in [0.05, 0.1) is 12.1 Å². The second-order valence-electron chi connectivity index (χ2n) is 6.14. The van der Waals surface area contributed by atoms with Crippen molar-refractivity contribution in [2.45, 2.75) is 32.1 Å². The maximum absolute atomic E-state index is 12.1. The van der Waals surface area contributed by atoms with Gasteiger partial charge in [-0.3, -0.25) is 4.79 Å². The van der Waals surface area contributed by atoms with Crippen molar-refractivity contribution in [3.63, 3.8) is 0 Å². The van der Waals surface area contributed by atoms with Crippen LogP contribution in [-0.4, -0.2) is 42.1 Å². The van der Waals surface area contributed by atoms with Crippen molar-refractivity contribution in [2.24, 2.45) is 0 Å². The molecule has 128 valence electrons. The average Bonchev–Trinajstić information content (AvgIpc) is 3.09. The first-order chi connectivity index (χ1) is 11.8. The number of oxazole rings is 1. The first-order valence-corrected chi connectivity index (χ1v) is 8.60. The second-order valence-corrected chi connectivity index (χ2v) is 6.14. The summed E-state index contributed by atoms with van der Waals surface area (Å²) in [4.78, 5) is 18.5. The molecule has 1 aromatic carbocycles. The van der Waals surface area contributed by atoms with E-state index in [0.717, 1.165) is 37.5 Å². The van der Waals surface area contributed by atoms with Gasteiger partial charge >= 0.3 is 0 Å². The minimum atomic E-state index is 0.0533. The summed E-state index contributed by atoms with van der Waals surface area (Å²) in [7, 11) is 0. The lowest BCUT2D eigenvalue weighted by Crippen LogP contribution is -2.41. The number of benzene rings is 1. The molecular formula is C19H24N2O3. The van der Waals surface area contributed by atoms with E-state index in [1.165, 1.54) is 5.56 Å². The van der Waals surface area contributed by atoms with Gasteiger partial charge in [-0.05, 0) is 25.3 Å². The van der Waals surface area contributed by atoms with Gasteiger partial charge < -0.3 is 14.1 Å².